The third-order valence-corrected chi connectivity index (χ3v) is 5.76. The van der Waals surface area contributed by atoms with Crippen molar-refractivity contribution in [3.63, 3.8) is 0 Å². The molecular formula is C22H25N5O2. The van der Waals surface area contributed by atoms with Crippen molar-refractivity contribution in [1.29, 1.82) is 5.26 Å². The predicted molar refractivity (Wildman–Crippen MR) is 109 cm³/mol. The summed E-state index contributed by atoms with van der Waals surface area (Å²) >= 11 is 0. The van der Waals surface area contributed by atoms with Crippen molar-refractivity contribution in [3.05, 3.63) is 47.0 Å². The minimum Gasteiger partial charge on any atom is -0.336 e. The molecule has 7 nitrogen and oxygen atoms in total. The van der Waals surface area contributed by atoms with Gasteiger partial charge in [0.05, 0.1) is 16.9 Å². The Hall–Kier alpha value is -3.14. The van der Waals surface area contributed by atoms with Crippen molar-refractivity contribution < 1.29 is 9.59 Å². The summed E-state index contributed by atoms with van der Waals surface area (Å²) in [6.45, 7) is 4.33. The molecule has 1 saturated heterocycles. The van der Waals surface area contributed by atoms with Crippen LogP contribution in [0.15, 0.2) is 24.3 Å². The molecule has 2 amide bonds. The van der Waals surface area contributed by atoms with Crippen LogP contribution in [0.4, 0.5) is 5.69 Å². The lowest BCUT2D eigenvalue weighted by molar-refractivity contribution is 0.0664. The Balaban J connectivity index is 1.65. The van der Waals surface area contributed by atoms with Gasteiger partial charge in [0.1, 0.15) is 6.07 Å². The van der Waals surface area contributed by atoms with Crippen LogP contribution in [0, 0.1) is 17.2 Å². The molecule has 0 bridgehead atoms. The molecule has 3 heterocycles. The van der Waals surface area contributed by atoms with Crippen molar-refractivity contribution >= 4 is 17.5 Å². The number of nitriles is 1. The molecule has 0 aliphatic carbocycles. The number of anilines is 1. The Morgan fingerprint density at radius 1 is 1.21 bits per heavy atom. The topological polar surface area (TPSA) is 91.0 Å². The third-order valence-electron chi connectivity index (χ3n) is 5.76. The van der Waals surface area contributed by atoms with E-state index in [2.05, 4.69) is 23.3 Å². The van der Waals surface area contributed by atoms with Gasteiger partial charge in [-0.05, 0) is 50.2 Å². The van der Waals surface area contributed by atoms with E-state index in [0.29, 0.717) is 35.2 Å². The molecule has 4 rings (SSSR count). The number of hydrogen-bond acceptors (Lipinski definition) is 4. The average Bonchev–Trinajstić information content (AvgIpc) is 3.13. The van der Waals surface area contributed by atoms with Gasteiger partial charge in [0.2, 0.25) is 0 Å². The van der Waals surface area contributed by atoms with Gasteiger partial charge >= 0.3 is 0 Å². The van der Waals surface area contributed by atoms with Crippen LogP contribution in [0.5, 0.6) is 0 Å². The lowest BCUT2D eigenvalue weighted by Crippen LogP contribution is -2.40. The number of amides is 2. The van der Waals surface area contributed by atoms with Crippen LogP contribution in [0.25, 0.3) is 0 Å². The molecule has 2 aliphatic heterocycles. The normalized spacial score (nSPS) is 18.6. The summed E-state index contributed by atoms with van der Waals surface area (Å²) in [5.41, 5.74) is 1.96. The van der Waals surface area contributed by atoms with E-state index in [1.54, 1.807) is 24.3 Å². The van der Waals surface area contributed by atoms with Crippen LogP contribution in [-0.2, 0) is 13.0 Å². The van der Waals surface area contributed by atoms with Crippen molar-refractivity contribution in [1.82, 2.24) is 14.5 Å². The molecule has 0 radical (unpaired) electrons. The first kappa shape index (κ1) is 19.2. The zero-order valence-corrected chi connectivity index (χ0v) is 16.6. The Kier molecular flexibility index (Phi) is 5.34. The van der Waals surface area contributed by atoms with Gasteiger partial charge in [0, 0.05) is 19.6 Å². The molecule has 1 fully saturated rings. The minimum absolute atomic E-state index is 0.0869. The number of piperidine rings is 1. The Bertz CT molecular complexity index is 988. The molecule has 7 heteroatoms. The summed E-state index contributed by atoms with van der Waals surface area (Å²) in [5.74, 6) is 0.391. The summed E-state index contributed by atoms with van der Waals surface area (Å²) < 4.78 is 1.93. The van der Waals surface area contributed by atoms with Gasteiger partial charge in [-0.25, -0.2) is 4.98 Å². The van der Waals surface area contributed by atoms with Crippen molar-refractivity contribution in [3.8, 4) is 6.07 Å². The predicted octanol–water partition coefficient (Wildman–Crippen LogP) is 3.22. The first-order chi connectivity index (χ1) is 14.1. The Morgan fingerprint density at radius 2 is 2.03 bits per heavy atom. The van der Waals surface area contributed by atoms with E-state index in [0.717, 1.165) is 50.9 Å². The van der Waals surface area contributed by atoms with Crippen LogP contribution in [0.1, 0.15) is 65.0 Å². The van der Waals surface area contributed by atoms with Gasteiger partial charge in [0.25, 0.3) is 11.8 Å². The fourth-order valence-electron chi connectivity index (χ4n) is 4.27. The summed E-state index contributed by atoms with van der Waals surface area (Å²) in [5, 5.41) is 12.1. The van der Waals surface area contributed by atoms with Crippen molar-refractivity contribution in [2.45, 2.75) is 45.6 Å². The number of nitrogens with zero attached hydrogens (tertiary/aromatic N) is 4. The fourth-order valence-corrected chi connectivity index (χ4v) is 4.27. The van der Waals surface area contributed by atoms with E-state index < -0.39 is 0 Å². The highest BCUT2D eigenvalue weighted by molar-refractivity contribution is 6.05. The molecule has 0 spiro atoms. The van der Waals surface area contributed by atoms with E-state index >= 15 is 0 Å². The first-order valence-electron chi connectivity index (χ1n) is 10.3. The highest BCUT2D eigenvalue weighted by Gasteiger charge is 2.31. The monoisotopic (exact) mass is 391 g/mol. The van der Waals surface area contributed by atoms with Crippen LogP contribution in [-0.4, -0.2) is 39.4 Å². The van der Waals surface area contributed by atoms with Gasteiger partial charge < -0.3 is 14.8 Å². The molecule has 1 aromatic heterocycles. The molecule has 1 atom stereocenters. The van der Waals surface area contributed by atoms with Crippen molar-refractivity contribution in [2.24, 2.45) is 5.92 Å². The highest BCUT2D eigenvalue weighted by Crippen LogP contribution is 2.25. The number of para-hydroxylation sites is 1. The SMILES string of the molecule is CC1CCCN(C(=O)c2nc(C(=O)Nc3ccccc3C#N)c3n2CCCC3)C1. The number of imidazole rings is 1. The smallest absolute Gasteiger partial charge is 0.289 e. The number of carbonyl (C=O) groups is 2. The second-order valence-electron chi connectivity index (χ2n) is 7.95. The molecule has 1 aromatic carbocycles. The largest absolute Gasteiger partial charge is 0.336 e. The van der Waals surface area contributed by atoms with Crippen LogP contribution in [0.3, 0.4) is 0 Å². The van der Waals surface area contributed by atoms with Gasteiger partial charge in [-0.1, -0.05) is 19.1 Å². The second-order valence-corrected chi connectivity index (χ2v) is 7.95. The van der Waals surface area contributed by atoms with Gasteiger partial charge in [-0.2, -0.15) is 5.26 Å². The number of likely N-dealkylation sites (tertiary alicyclic amines) is 1. The number of benzene rings is 1. The molecule has 150 valence electrons. The number of fused-ring (bicyclic) bond motifs is 1. The van der Waals surface area contributed by atoms with Crippen LogP contribution >= 0.6 is 0 Å². The maximum absolute atomic E-state index is 13.2. The third kappa shape index (κ3) is 3.75. The number of hydrogen-bond donors (Lipinski definition) is 1. The summed E-state index contributed by atoms with van der Waals surface area (Å²) in [6, 6.07) is 8.96. The molecule has 0 saturated carbocycles. The summed E-state index contributed by atoms with van der Waals surface area (Å²) in [4.78, 5) is 32.6. The molecule has 1 N–H and O–H groups in total. The summed E-state index contributed by atoms with van der Waals surface area (Å²) in [6.07, 6.45) is 4.79. The number of aromatic nitrogens is 2. The number of nitrogens with one attached hydrogen (secondary N) is 1. The van der Waals surface area contributed by atoms with Gasteiger partial charge in [-0.15, -0.1) is 0 Å². The molecule has 1 unspecified atom stereocenters. The van der Waals surface area contributed by atoms with Crippen LogP contribution in [0.2, 0.25) is 0 Å². The van der Waals surface area contributed by atoms with Gasteiger partial charge in [0.15, 0.2) is 11.5 Å². The Morgan fingerprint density at radius 3 is 2.83 bits per heavy atom. The molecular weight excluding hydrogens is 366 g/mol. The highest BCUT2D eigenvalue weighted by atomic mass is 16.2. The van der Waals surface area contributed by atoms with E-state index in [9.17, 15) is 14.9 Å². The zero-order valence-electron chi connectivity index (χ0n) is 16.6. The second kappa shape index (κ2) is 8.08. The molecule has 29 heavy (non-hydrogen) atoms. The van der Waals surface area contributed by atoms with Crippen molar-refractivity contribution in [2.75, 3.05) is 18.4 Å². The fraction of sp³-hybridized carbons (Fsp3) is 0.455. The standard InChI is InChI=1S/C22H25N5O2/c1-15-7-6-11-26(14-15)22(29)20-25-19(18-10-4-5-12-27(18)20)21(28)24-17-9-3-2-8-16(17)13-23/h2-3,8-9,15H,4-7,10-12,14H2,1H3,(H,24,28). The zero-order chi connectivity index (χ0) is 20.4. The van der Waals surface area contributed by atoms with E-state index in [4.69, 9.17) is 0 Å². The van der Waals surface area contributed by atoms with E-state index in [-0.39, 0.29) is 11.8 Å². The Labute approximate surface area is 170 Å². The van der Waals surface area contributed by atoms with E-state index in [1.807, 2.05) is 9.47 Å². The summed E-state index contributed by atoms with van der Waals surface area (Å²) in [7, 11) is 0. The maximum atomic E-state index is 13.2. The average molecular weight is 391 g/mol. The first-order valence-corrected chi connectivity index (χ1v) is 10.3. The number of rotatable bonds is 3. The molecule has 2 aliphatic rings. The maximum Gasteiger partial charge on any atom is 0.289 e. The lowest BCUT2D eigenvalue weighted by Gasteiger charge is -2.31. The number of carbonyl (C=O) groups excluding carboxylic acids is 2. The minimum atomic E-state index is -0.371. The van der Waals surface area contributed by atoms with E-state index in [1.165, 1.54) is 0 Å². The van der Waals surface area contributed by atoms with Gasteiger partial charge in [-0.3, -0.25) is 9.59 Å². The quantitative estimate of drug-likeness (QED) is 0.870. The molecule has 2 aromatic rings. The lowest BCUT2D eigenvalue weighted by atomic mass is 10.0. The van der Waals surface area contributed by atoms with Crippen LogP contribution < -0.4 is 5.32 Å².